The summed E-state index contributed by atoms with van der Waals surface area (Å²) < 4.78 is 11.0. The average molecular weight is 322 g/mol. The smallest absolute Gasteiger partial charge is 0.235 e. The Morgan fingerprint density at radius 1 is 0.917 bits per heavy atom. The van der Waals surface area contributed by atoms with Crippen LogP contribution in [0.2, 0.25) is 0 Å². The monoisotopic (exact) mass is 322 g/mol. The van der Waals surface area contributed by atoms with Crippen LogP contribution in [0.4, 0.5) is 5.88 Å². The highest BCUT2D eigenvalue weighted by atomic mass is 16.5. The molecule has 3 aromatic rings. The van der Waals surface area contributed by atoms with Gasteiger partial charge in [0.2, 0.25) is 5.88 Å². The second kappa shape index (κ2) is 7.21. The van der Waals surface area contributed by atoms with Crippen LogP contribution >= 0.6 is 0 Å². The summed E-state index contributed by atoms with van der Waals surface area (Å²) in [5.41, 5.74) is 4.00. The highest BCUT2D eigenvalue weighted by molar-refractivity contribution is 5.88. The van der Waals surface area contributed by atoms with Gasteiger partial charge in [-0.05, 0) is 43.7 Å². The third-order valence-corrected chi connectivity index (χ3v) is 4.15. The van der Waals surface area contributed by atoms with Crippen LogP contribution < -0.4 is 9.64 Å². The Balaban J connectivity index is 2.15. The molecule has 0 aliphatic heterocycles. The van der Waals surface area contributed by atoms with Gasteiger partial charge in [0.05, 0.1) is 12.7 Å². The standard InChI is InChI=1S/C20H22N2O2/c1-4-22(5-2)20-18(15-9-7-6-8-10-15)19(21-24-20)16-11-13-17(23-3)14-12-16/h6-14H,4-5H2,1-3H3. The summed E-state index contributed by atoms with van der Waals surface area (Å²) in [7, 11) is 1.67. The van der Waals surface area contributed by atoms with Crippen molar-refractivity contribution >= 4 is 5.88 Å². The molecular weight excluding hydrogens is 300 g/mol. The van der Waals surface area contributed by atoms with Gasteiger partial charge in [-0.3, -0.25) is 0 Å². The van der Waals surface area contributed by atoms with Gasteiger partial charge in [0.25, 0.3) is 0 Å². The topological polar surface area (TPSA) is 38.5 Å². The van der Waals surface area contributed by atoms with Gasteiger partial charge in [-0.15, -0.1) is 0 Å². The van der Waals surface area contributed by atoms with Crippen LogP contribution in [0.25, 0.3) is 22.4 Å². The molecule has 0 radical (unpaired) electrons. The highest BCUT2D eigenvalue weighted by Gasteiger charge is 2.22. The molecule has 0 saturated carbocycles. The summed E-state index contributed by atoms with van der Waals surface area (Å²) in [6.45, 7) is 5.98. The number of nitrogens with zero attached hydrogens (tertiary/aromatic N) is 2. The Morgan fingerprint density at radius 3 is 2.17 bits per heavy atom. The molecule has 1 aromatic heterocycles. The molecule has 124 valence electrons. The molecular formula is C20H22N2O2. The van der Waals surface area contributed by atoms with Crippen molar-refractivity contribution in [2.75, 3.05) is 25.1 Å². The third kappa shape index (κ3) is 3.00. The number of rotatable bonds is 6. The van der Waals surface area contributed by atoms with Gasteiger partial charge in [-0.1, -0.05) is 35.5 Å². The van der Waals surface area contributed by atoms with Crippen molar-refractivity contribution in [1.29, 1.82) is 0 Å². The molecule has 0 saturated heterocycles. The van der Waals surface area contributed by atoms with E-state index in [1.165, 1.54) is 0 Å². The predicted octanol–water partition coefficient (Wildman–Crippen LogP) is 4.86. The molecule has 0 atom stereocenters. The van der Waals surface area contributed by atoms with Crippen LogP contribution in [-0.4, -0.2) is 25.4 Å². The summed E-state index contributed by atoms with van der Waals surface area (Å²) in [5, 5.41) is 4.38. The maximum atomic E-state index is 5.75. The molecule has 0 fully saturated rings. The SMILES string of the molecule is CCN(CC)c1onc(-c2ccc(OC)cc2)c1-c1ccccc1. The van der Waals surface area contributed by atoms with Gasteiger partial charge >= 0.3 is 0 Å². The number of anilines is 1. The first-order valence-corrected chi connectivity index (χ1v) is 8.23. The van der Waals surface area contributed by atoms with Crippen LogP contribution in [0.3, 0.4) is 0 Å². The van der Waals surface area contributed by atoms with E-state index < -0.39 is 0 Å². The molecule has 0 N–H and O–H groups in total. The zero-order valence-electron chi connectivity index (χ0n) is 14.3. The van der Waals surface area contributed by atoms with E-state index in [0.29, 0.717) is 0 Å². The third-order valence-electron chi connectivity index (χ3n) is 4.15. The van der Waals surface area contributed by atoms with E-state index in [-0.39, 0.29) is 0 Å². The molecule has 0 aliphatic carbocycles. The number of aromatic nitrogens is 1. The summed E-state index contributed by atoms with van der Waals surface area (Å²) in [5.74, 6) is 1.64. The fourth-order valence-corrected chi connectivity index (χ4v) is 2.82. The average Bonchev–Trinajstić information content (AvgIpc) is 3.08. The molecule has 0 amide bonds. The summed E-state index contributed by atoms with van der Waals surface area (Å²) in [6.07, 6.45) is 0. The lowest BCUT2D eigenvalue weighted by Crippen LogP contribution is -2.21. The fraction of sp³-hybridized carbons (Fsp3) is 0.250. The highest BCUT2D eigenvalue weighted by Crippen LogP contribution is 2.39. The Kier molecular flexibility index (Phi) is 4.85. The maximum absolute atomic E-state index is 5.75. The molecule has 0 bridgehead atoms. The quantitative estimate of drug-likeness (QED) is 0.649. The summed E-state index contributed by atoms with van der Waals surface area (Å²) in [4.78, 5) is 2.18. The van der Waals surface area contributed by atoms with E-state index in [0.717, 1.165) is 47.1 Å². The molecule has 24 heavy (non-hydrogen) atoms. The second-order valence-electron chi connectivity index (χ2n) is 5.48. The van der Waals surface area contributed by atoms with Crippen molar-refractivity contribution in [1.82, 2.24) is 5.16 Å². The first kappa shape index (κ1) is 16.1. The minimum Gasteiger partial charge on any atom is -0.497 e. The largest absolute Gasteiger partial charge is 0.497 e. The number of methoxy groups -OCH3 is 1. The molecule has 2 aromatic carbocycles. The number of ether oxygens (including phenoxy) is 1. The fourth-order valence-electron chi connectivity index (χ4n) is 2.82. The molecule has 0 spiro atoms. The van der Waals surface area contributed by atoms with Crippen molar-refractivity contribution in [3.63, 3.8) is 0 Å². The van der Waals surface area contributed by atoms with Crippen LogP contribution in [0.15, 0.2) is 59.1 Å². The predicted molar refractivity (Wildman–Crippen MR) is 97.5 cm³/mol. The van der Waals surface area contributed by atoms with E-state index in [9.17, 15) is 0 Å². The van der Waals surface area contributed by atoms with Crippen molar-refractivity contribution in [3.05, 3.63) is 54.6 Å². The second-order valence-corrected chi connectivity index (χ2v) is 5.48. The minimum absolute atomic E-state index is 0.817. The Morgan fingerprint density at radius 2 is 1.58 bits per heavy atom. The molecule has 3 rings (SSSR count). The first-order valence-electron chi connectivity index (χ1n) is 8.23. The normalized spacial score (nSPS) is 10.6. The van der Waals surface area contributed by atoms with Gasteiger partial charge < -0.3 is 14.2 Å². The van der Waals surface area contributed by atoms with Crippen molar-refractivity contribution in [2.24, 2.45) is 0 Å². The summed E-state index contributed by atoms with van der Waals surface area (Å²) >= 11 is 0. The van der Waals surface area contributed by atoms with Gasteiger partial charge in [0.15, 0.2) is 0 Å². The molecule has 4 nitrogen and oxygen atoms in total. The van der Waals surface area contributed by atoms with Crippen LogP contribution in [0.1, 0.15) is 13.8 Å². The van der Waals surface area contributed by atoms with E-state index >= 15 is 0 Å². The lowest BCUT2D eigenvalue weighted by Gasteiger charge is -2.18. The minimum atomic E-state index is 0.817. The van der Waals surface area contributed by atoms with E-state index in [4.69, 9.17) is 9.26 Å². The van der Waals surface area contributed by atoms with Gasteiger partial charge in [-0.2, -0.15) is 0 Å². The molecule has 4 heteroatoms. The van der Waals surface area contributed by atoms with Crippen LogP contribution in [0, 0.1) is 0 Å². The number of benzene rings is 2. The summed E-state index contributed by atoms with van der Waals surface area (Å²) in [6, 6.07) is 18.2. The van der Waals surface area contributed by atoms with Gasteiger partial charge in [0, 0.05) is 18.7 Å². The Hall–Kier alpha value is -2.75. The molecule has 0 aliphatic rings. The zero-order valence-corrected chi connectivity index (χ0v) is 14.3. The van der Waals surface area contributed by atoms with Crippen molar-refractivity contribution in [2.45, 2.75) is 13.8 Å². The lowest BCUT2D eigenvalue weighted by atomic mass is 10.0. The van der Waals surface area contributed by atoms with E-state index in [1.54, 1.807) is 7.11 Å². The number of hydrogen-bond acceptors (Lipinski definition) is 4. The van der Waals surface area contributed by atoms with Gasteiger partial charge in [0.1, 0.15) is 11.4 Å². The maximum Gasteiger partial charge on any atom is 0.235 e. The molecule has 0 unspecified atom stereocenters. The van der Waals surface area contributed by atoms with Crippen LogP contribution in [0.5, 0.6) is 5.75 Å². The van der Waals surface area contributed by atoms with Crippen molar-refractivity contribution in [3.8, 4) is 28.1 Å². The van der Waals surface area contributed by atoms with E-state index in [1.807, 2.05) is 42.5 Å². The molecule has 1 heterocycles. The zero-order chi connectivity index (χ0) is 16.9. The Bertz CT molecular complexity index is 775. The van der Waals surface area contributed by atoms with Gasteiger partial charge in [-0.25, -0.2) is 0 Å². The number of hydrogen-bond donors (Lipinski definition) is 0. The van der Waals surface area contributed by atoms with E-state index in [2.05, 4.69) is 36.0 Å². The van der Waals surface area contributed by atoms with Crippen LogP contribution in [-0.2, 0) is 0 Å². The Labute approximate surface area is 142 Å². The first-order chi connectivity index (χ1) is 11.8. The lowest BCUT2D eigenvalue weighted by molar-refractivity contribution is 0.414. The van der Waals surface area contributed by atoms with Crippen molar-refractivity contribution < 1.29 is 9.26 Å².